The number of benzene rings is 3. The number of aliphatic carboxylic acids is 3. The number of hydrogen-bond donors (Lipinski definition) is 7. The molecule has 3 aromatic carbocycles. The van der Waals surface area contributed by atoms with Gasteiger partial charge in [-0.2, -0.15) is 8.42 Å². The Balaban J connectivity index is 0. The summed E-state index contributed by atoms with van der Waals surface area (Å²) in [6, 6.07) is 28.6. The molecule has 0 saturated carbocycles. The fourth-order valence-corrected chi connectivity index (χ4v) is 23.7. The average Bonchev–Trinajstić information content (AvgIpc) is 1.57. The molecule has 0 aromatic heterocycles. The van der Waals surface area contributed by atoms with Crippen LogP contribution in [-0.2, 0) is 173 Å². The number of carbonyl (C=O) groups is 12. The summed E-state index contributed by atoms with van der Waals surface area (Å²) in [5.74, 6) is -6.16. The predicted octanol–water partition coefficient (Wildman–Crippen LogP) is 14.6. The van der Waals surface area contributed by atoms with Crippen molar-refractivity contribution in [2.45, 2.75) is 276 Å². The quantitative estimate of drug-likeness (QED) is 0.00529. The summed E-state index contributed by atoms with van der Waals surface area (Å²) in [6.07, 6.45) is -0.0768. The van der Waals surface area contributed by atoms with Crippen molar-refractivity contribution < 1.29 is 176 Å². The highest BCUT2D eigenvalue weighted by Crippen LogP contribution is 2.57. The van der Waals surface area contributed by atoms with Crippen molar-refractivity contribution in [3.05, 3.63) is 128 Å². The third-order valence-electron chi connectivity index (χ3n) is 19.1. The van der Waals surface area contributed by atoms with Gasteiger partial charge in [0.15, 0.2) is 62.3 Å². The highest BCUT2D eigenvalue weighted by atomic mass is 127. The Labute approximate surface area is 927 Å². The van der Waals surface area contributed by atoms with Crippen LogP contribution in [0.4, 0.5) is 0 Å². The lowest BCUT2D eigenvalue weighted by Gasteiger charge is -2.43. The minimum Gasteiger partial charge on any atom is -0.479 e. The number of alkyl halides is 5. The first kappa shape index (κ1) is 143. The standard InChI is InChI=1S/C19H27NO8S3.C13H18O3.C12H15NO5S3.C11H14O3.C7H7Br.C7H13ClO3.2C7H13IO3.C6H12O3.C4H8O3.CH2Cl2O3S/c1-5-28-19(3,4)18(24)27-9-26-16(23)13-17(29-11-6-7-31(25)8-11)30-15-12(10(2)21)14(22)20(13)15;1-4-16-13(2,3)12(14)15-10-11-8-6-5-7-9-11;1-5(14)7-9(15)13-8(11(16)17)12(20-10(7)13)19-6-2-3-21(18)4-6;1-11(2,13)10(12)14-8-9-6-4-3-5-7-9;8-6-7-4-2-1-3-5-7;3*1-4-11-7(2,3)6(9)10-5-8;1-4-9-6(2,3)5(7)8;1-4(2,7)3(5)6;2-1-6-7(3,4)5/h10-12,15,21H,5-9H2,1-4H3;5-9H,4,10H2,1-3H3;5-7,10,14H,2-4H2,1H3,(H,16,17);3-7,13H,8H2,1-2H3;1-5H,6H2;3*4-5H2,1-3H3;4H2,1-3H3,(H,7,8);7H,1-2H3,(H,5,6);1H2/t10-,11+,12+,15-,31-;;5-,6+,7+,10-,21-;;;;;;;;/m1.1......../s1. The normalized spacial score (nSPS) is 18.6. The third kappa shape index (κ3) is 54.6. The highest BCUT2D eigenvalue weighted by Gasteiger charge is 2.60. The minimum atomic E-state index is -3.83. The monoisotopic (exact) mass is 2550 g/mol. The largest absolute Gasteiger partial charge is 0.479 e. The molecule has 4 saturated heterocycles. The summed E-state index contributed by atoms with van der Waals surface area (Å²) in [5, 5.41) is 63.6. The van der Waals surface area contributed by atoms with E-state index in [9.17, 15) is 94.8 Å². The van der Waals surface area contributed by atoms with Crippen molar-refractivity contribution in [2.75, 3.05) is 90.8 Å². The molecule has 2 amide bonds. The first-order valence-corrected chi connectivity index (χ1v) is 59.1. The maximum absolute atomic E-state index is 12.8. The number of β-lactam (4-membered cyclic amide) rings is 2. The average molecular weight is 2560 g/mol. The third-order valence-corrected chi connectivity index (χ3v) is 30.5. The lowest BCUT2D eigenvalue weighted by Crippen LogP contribution is -2.60. The van der Waals surface area contributed by atoms with E-state index in [0.717, 1.165) is 29.3 Å². The number of nitrogens with zero attached hydrogens (tertiary/aromatic N) is 2. The van der Waals surface area contributed by atoms with Crippen LogP contribution in [0.1, 0.15) is 196 Å². The smallest absolute Gasteiger partial charge is 0.359 e. The van der Waals surface area contributed by atoms with Crippen molar-refractivity contribution >= 4 is 244 Å². The second-order valence-electron chi connectivity index (χ2n) is 34.6. The Morgan fingerprint density at radius 1 is 0.459 bits per heavy atom. The maximum atomic E-state index is 12.8. The second-order valence-corrected chi connectivity index (χ2v) is 47.6. The predicted molar refractivity (Wildman–Crippen MR) is 580 cm³/mol. The molecule has 4 fully saturated rings. The molecule has 7 N–H and O–H groups in total. The first-order valence-electron chi connectivity index (χ1n) is 45.2. The molecule has 6 aliphatic heterocycles. The summed E-state index contributed by atoms with van der Waals surface area (Å²) >= 11 is 22.8. The van der Waals surface area contributed by atoms with Crippen molar-refractivity contribution in [3.63, 3.8) is 0 Å². The molecule has 146 heavy (non-hydrogen) atoms. The van der Waals surface area contributed by atoms with Crippen LogP contribution in [0.15, 0.2) is 111 Å². The van der Waals surface area contributed by atoms with Gasteiger partial charge < -0.3 is 97.3 Å². The van der Waals surface area contributed by atoms with Crippen LogP contribution < -0.4 is 0 Å². The van der Waals surface area contributed by atoms with E-state index in [0.29, 0.717) is 80.4 Å². The number of halogens is 6. The molecule has 52 heteroatoms. The van der Waals surface area contributed by atoms with Gasteiger partial charge in [0.2, 0.25) is 18.6 Å². The number of hydrogen-bond acceptors (Lipinski definition) is 38. The van der Waals surface area contributed by atoms with Crippen molar-refractivity contribution in [1.29, 1.82) is 0 Å². The lowest BCUT2D eigenvalue weighted by molar-refractivity contribution is -0.183. The van der Waals surface area contributed by atoms with Gasteiger partial charge in [-0.05, 0) is 241 Å². The van der Waals surface area contributed by atoms with Crippen molar-refractivity contribution in [1.82, 2.24) is 9.80 Å². The molecular weight excluding hydrogens is 2410 g/mol. The van der Waals surface area contributed by atoms with Crippen LogP contribution in [0, 0.1) is 11.8 Å². The summed E-state index contributed by atoms with van der Waals surface area (Å²) in [6.45, 7) is 41.5. The van der Waals surface area contributed by atoms with Gasteiger partial charge in [0.1, 0.15) is 39.3 Å². The van der Waals surface area contributed by atoms with Gasteiger partial charge in [-0.15, -0.1) is 23.5 Å². The number of carboxylic acid groups (broad SMARTS) is 3. The van der Waals surface area contributed by atoms with Crippen LogP contribution in [-0.4, -0.2) is 303 Å². The van der Waals surface area contributed by atoms with E-state index in [1.54, 1.807) is 96.9 Å². The number of thioether (sulfide) groups is 4. The van der Waals surface area contributed by atoms with Crippen LogP contribution in [0.25, 0.3) is 0 Å². The van der Waals surface area contributed by atoms with Gasteiger partial charge in [0.25, 0.3) is 0 Å². The van der Waals surface area contributed by atoms with Crippen LogP contribution in [0.2, 0.25) is 0 Å². The Morgan fingerprint density at radius 3 is 1.01 bits per heavy atom. The summed E-state index contributed by atoms with van der Waals surface area (Å²) in [7, 11) is -1.03. The molecule has 0 unspecified atom stereocenters. The minimum absolute atomic E-state index is 0.0228. The molecular formula is C94H142BrCl3I2N2O37S7. The first-order chi connectivity index (χ1) is 67.6. The molecule has 9 rings (SSSR count). The summed E-state index contributed by atoms with van der Waals surface area (Å²) < 4.78 is 114. The molecule has 0 aliphatic carbocycles. The fourth-order valence-electron chi connectivity index (χ4n) is 11.4. The Bertz CT molecular complexity index is 4710. The number of esters is 7. The molecule has 0 spiro atoms. The number of ether oxygens (including phenoxy) is 13. The zero-order valence-electron chi connectivity index (χ0n) is 86.3. The second kappa shape index (κ2) is 71.0. The Morgan fingerprint density at radius 2 is 0.760 bits per heavy atom. The number of aliphatic hydroxyl groups is 4. The fraction of sp³-hybridized carbons (Fsp3) is 0.638. The molecule has 3 aromatic rings. The highest BCUT2D eigenvalue weighted by molar-refractivity contribution is 14.1. The van der Waals surface area contributed by atoms with E-state index in [1.165, 1.54) is 104 Å². The summed E-state index contributed by atoms with van der Waals surface area (Å²) in [5.41, 5.74) is -5.25. The van der Waals surface area contributed by atoms with E-state index in [1.807, 2.05) is 152 Å². The number of fused-ring (bicyclic) bond motifs is 2. The van der Waals surface area contributed by atoms with Gasteiger partial charge >= 0.3 is 69.0 Å². The van der Waals surface area contributed by atoms with Crippen LogP contribution >= 0.6 is 142 Å². The molecule has 0 bridgehead atoms. The number of carbonyl (C=O) groups excluding carboxylic acids is 9. The molecule has 10 atom stereocenters. The van der Waals surface area contributed by atoms with E-state index < -0.39 is 154 Å². The van der Waals surface area contributed by atoms with Gasteiger partial charge in [-0.3, -0.25) is 27.8 Å². The van der Waals surface area contributed by atoms with Crippen LogP contribution in [0.3, 0.4) is 0 Å². The van der Waals surface area contributed by atoms with Crippen molar-refractivity contribution in [3.8, 4) is 0 Å². The van der Waals surface area contributed by atoms with E-state index >= 15 is 0 Å². The number of rotatable bonds is 40. The summed E-state index contributed by atoms with van der Waals surface area (Å²) in [4.78, 5) is 140. The zero-order chi connectivity index (χ0) is 113. The van der Waals surface area contributed by atoms with Gasteiger partial charge in [0.05, 0.1) is 32.5 Å². The van der Waals surface area contributed by atoms with Gasteiger partial charge in [-0.25, -0.2) is 52.1 Å². The van der Waals surface area contributed by atoms with Gasteiger partial charge in [0, 0.05) is 111 Å². The van der Waals surface area contributed by atoms with E-state index in [4.69, 9.17) is 95.4 Å². The lowest BCUT2D eigenvalue weighted by atomic mass is 9.92. The molecule has 6 heterocycles. The maximum Gasteiger partial charge on any atom is 0.359 e. The Kier molecular flexibility index (Phi) is 69.4. The van der Waals surface area contributed by atoms with Crippen LogP contribution in [0.5, 0.6) is 0 Å². The zero-order valence-corrected chi connectivity index (χ0v) is 100. The van der Waals surface area contributed by atoms with Gasteiger partial charge in [-0.1, -0.05) is 154 Å². The molecule has 0 radical (unpaired) electrons. The number of carboxylic acids is 3. The topological polar surface area (TPSA) is 550 Å². The molecule has 39 nitrogen and oxygen atoms in total. The van der Waals surface area contributed by atoms with E-state index in [2.05, 4.69) is 47.7 Å². The molecule has 834 valence electrons. The number of aliphatic hydroxyl groups excluding tert-OH is 2. The Hall–Kier alpha value is -5.20. The van der Waals surface area contributed by atoms with Crippen molar-refractivity contribution in [2.24, 2.45) is 11.8 Å². The molecule has 6 aliphatic rings. The SMILES string of the molecule is BrCc1ccccc1.CC(C)(O)C(=O)O.CC(C)(O)C(=O)OCc1ccccc1.CCOC(C)(C)C(=O)O.CCOC(C)(C)C(=O)OCCl.CCOC(C)(C)C(=O)OCI.CCOC(C)(C)C(=O)OCI.CCOC(C)(C)C(=O)OCOC(=O)C1=C(S[C@H]2CC[S@@](=O)C2)S[C@@H]2[C@@H]([C@@H](C)O)C(=O)N12.CCOC(C)(C)C(=O)OCc1ccccc1.C[C@@H](O)[C@H]1C(=O)N2C(C(=O)O)=C(S[C@H]3CC[S@@](=O)C3)S[C@H]12.O=S(=O)(Cl)OCCl. The number of amides is 2. The van der Waals surface area contributed by atoms with E-state index in [-0.39, 0.29) is 81.6 Å².